The minimum Gasteiger partial charge on any atom is -0.0696 e. The molecule has 0 radical (unpaired) electrons. The number of aryl methyl sites for hydroxylation is 2. The molecule has 0 heterocycles. The summed E-state index contributed by atoms with van der Waals surface area (Å²) in [5.74, 6) is 0. The smallest absolute Gasteiger partial charge is 0.0222 e. The van der Waals surface area contributed by atoms with Crippen LogP contribution in [0.2, 0.25) is 0 Å². The molecule has 1 aromatic carbocycles. The summed E-state index contributed by atoms with van der Waals surface area (Å²) in [6.07, 6.45) is 7.23. The van der Waals surface area contributed by atoms with Crippen molar-refractivity contribution in [1.29, 1.82) is 0 Å². The van der Waals surface area contributed by atoms with Gasteiger partial charge >= 0.3 is 0 Å². The van der Waals surface area contributed by atoms with Gasteiger partial charge < -0.3 is 0 Å². The third-order valence-electron chi connectivity index (χ3n) is 3.15. The van der Waals surface area contributed by atoms with Crippen LogP contribution in [-0.4, -0.2) is 0 Å². The summed E-state index contributed by atoms with van der Waals surface area (Å²) in [5.41, 5.74) is 6.05. The topological polar surface area (TPSA) is 0 Å². The molecule has 1 aliphatic carbocycles. The molecule has 74 valence electrons. The molecular formula is C14H18. The molecule has 0 unspecified atom stereocenters. The second kappa shape index (κ2) is 4.00. The molecule has 0 aliphatic heterocycles. The minimum atomic E-state index is 1.14. The highest BCUT2D eigenvalue weighted by Crippen LogP contribution is 2.26. The van der Waals surface area contributed by atoms with E-state index in [0.717, 1.165) is 6.42 Å². The lowest BCUT2D eigenvalue weighted by atomic mass is 9.90. The van der Waals surface area contributed by atoms with E-state index in [1.165, 1.54) is 36.0 Å². The van der Waals surface area contributed by atoms with Crippen molar-refractivity contribution in [2.24, 2.45) is 0 Å². The van der Waals surface area contributed by atoms with E-state index in [0.29, 0.717) is 0 Å². The molecule has 0 nitrogen and oxygen atoms in total. The van der Waals surface area contributed by atoms with Gasteiger partial charge in [0.05, 0.1) is 0 Å². The Morgan fingerprint density at radius 3 is 2.64 bits per heavy atom. The average Bonchev–Trinajstić information content (AvgIpc) is 2.27. The molecule has 0 amide bonds. The molecule has 2 rings (SSSR count). The van der Waals surface area contributed by atoms with E-state index in [1.54, 1.807) is 5.57 Å². The van der Waals surface area contributed by atoms with E-state index in [1.807, 2.05) is 0 Å². The Morgan fingerprint density at radius 1 is 1.07 bits per heavy atom. The summed E-state index contributed by atoms with van der Waals surface area (Å²) in [4.78, 5) is 0. The maximum absolute atomic E-state index is 2.39. The SMILES string of the molecule is CCC1=Cc2cc(CC)ccc2CC1. The first-order valence-electron chi connectivity index (χ1n) is 5.64. The van der Waals surface area contributed by atoms with E-state index in [4.69, 9.17) is 0 Å². The number of hydrogen-bond donors (Lipinski definition) is 0. The quantitative estimate of drug-likeness (QED) is 0.655. The molecule has 0 saturated heterocycles. The summed E-state index contributed by atoms with van der Waals surface area (Å²) in [5, 5.41) is 0. The van der Waals surface area contributed by atoms with Crippen molar-refractivity contribution in [2.75, 3.05) is 0 Å². The lowest BCUT2D eigenvalue weighted by Crippen LogP contribution is -1.99. The predicted molar refractivity (Wildman–Crippen MR) is 62.4 cm³/mol. The Kier molecular flexibility index (Phi) is 2.72. The largest absolute Gasteiger partial charge is 0.0696 e. The molecule has 14 heavy (non-hydrogen) atoms. The Balaban J connectivity index is 2.39. The van der Waals surface area contributed by atoms with Crippen molar-refractivity contribution in [3.8, 4) is 0 Å². The van der Waals surface area contributed by atoms with Gasteiger partial charge in [-0.3, -0.25) is 0 Å². The third-order valence-corrected chi connectivity index (χ3v) is 3.15. The van der Waals surface area contributed by atoms with E-state index >= 15 is 0 Å². The van der Waals surface area contributed by atoms with Gasteiger partial charge in [0.1, 0.15) is 0 Å². The molecule has 0 fully saturated rings. The lowest BCUT2D eigenvalue weighted by Gasteiger charge is -2.16. The molecule has 0 atom stereocenters. The van der Waals surface area contributed by atoms with Gasteiger partial charge in [-0.05, 0) is 42.4 Å². The van der Waals surface area contributed by atoms with Crippen LogP contribution in [0, 0.1) is 0 Å². The zero-order valence-corrected chi connectivity index (χ0v) is 9.14. The van der Waals surface area contributed by atoms with Crippen LogP contribution in [0.25, 0.3) is 6.08 Å². The van der Waals surface area contributed by atoms with Crippen LogP contribution in [0.3, 0.4) is 0 Å². The first-order chi connectivity index (χ1) is 6.83. The van der Waals surface area contributed by atoms with Gasteiger partial charge in [-0.2, -0.15) is 0 Å². The number of fused-ring (bicyclic) bond motifs is 1. The van der Waals surface area contributed by atoms with Gasteiger partial charge in [-0.25, -0.2) is 0 Å². The Morgan fingerprint density at radius 2 is 1.93 bits per heavy atom. The van der Waals surface area contributed by atoms with Gasteiger partial charge in [-0.1, -0.05) is 43.7 Å². The summed E-state index contributed by atoms with van der Waals surface area (Å²) in [6.45, 7) is 4.47. The average molecular weight is 186 g/mol. The minimum absolute atomic E-state index is 1.14. The fourth-order valence-electron chi connectivity index (χ4n) is 2.09. The van der Waals surface area contributed by atoms with Crippen LogP contribution in [0.1, 0.15) is 43.4 Å². The van der Waals surface area contributed by atoms with Gasteiger partial charge in [0.2, 0.25) is 0 Å². The van der Waals surface area contributed by atoms with Crippen LogP contribution in [0.5, 0.6) is 0 Å². The number of rotatable bonds is 2. The highest BCUT2D eigenvalue weighted by Gasteiger charge is 2.08. The van der Waals surface area contributed by atoms with Crippen molar-refractivity contribution >= 4 is 6.08 Å². The van der Waals surface area contributed by atoms with Gasteiger partial charge in [0.25, 0.3) is 0 Å². The predicted octanol–water partition coefficient (Wildman–Crippen LogP) is 3.99. The van der Waals surface area contributed by atoms with Crippen molar-refractivity contribution < 1.29 is 0 Å². The maximum atomic E-state index is 2.39. The fourth-order valence-corrected chi connectivity index (χ4v) is 2.09. The first kappa shape index (κ1) is 9.51. The van der Waals surface area contributed by atoms with E-state index in [9.17, 15) is 0 Å². The molecule has 1 aromatic rings. The highest BCUT2D eigenvalue weighted by atomic mass is 14.1. The van der Waals surface area contributed by atoms with E-state index in [2.05, 4.69) is 38.1 Å². The summed E-state index contributed by atoms with van der Waals surface area (Å²) in [6, 6.07) is 6.92. The van der Waals surface area contributed by atoms with Crippen LogP contribution < -0.4 is 0 Å². The lowest BCUT2D eigenvalue weighted by molar-refractivity contribution is 0.874. The zero-order chi connectivity index (χ0) is 9.97. The highest BCUT2D eigenvalue weighted by molar-refractivity contribution is 5.60. The van der Waals surface area contributed by atoms with Crippen LogP contribution in [0.4, 0.5) is 0 Å². The Hall–Kier alpha value is -1.04. The first-order valence-corrected chi connectivity index (χ1v) is 5.64. The van der Waals surface area contributed by atoms with Crippen LogP contribution in [-0.2, 0) is 12.8 Å². The van der Waals surface area contributed by atoms with Crippen molar-refractivity contribution in [3.05, 3.63) is 40.5 Å². The second-order valence-electron chi connectivity index (χ2n) is 4.04. The Bertz CT molecular complexity index is 358. The molecule has 0 N–H and O–H groups in total. The van der Waals surface area contributed by atoms with Crippen LogP contribution >= 0.6 is 0 Å². The molecule has 0 saturated carbocycles. The van der Waals surface area contributed by atoms with E-state index in [-0.39, 0.29) is 0 Å². The van der Waals surface area contributed by atoms with Crippen molar-refractivity contribution in [2.45, 2.75) is 39.5 Å². The molecular weight excluding hydrogens is 168 g/mol. The number of hydrogen-bond acceptors (Lipinski definition) is 0. The zero-order valence-electron chi connectivity index (χ0n) is 9.14. The van der Waals surface area contributed by atoms with Crippen molar-refractivity contribution in [1.82, 2.24) is 0 Å². The fraction of sp³-hybridized carbons (Fsp3) is 0.429. The third kappa shape index (κ3) is 1.75. The monoisotopic (exact) mass is 186 g/mol. The second-order valence-corrected chi connectivity index (χ2v) is 4.04. The summed E-state index contributed by atoms with van der Waals surface area (Å²) < 4.78 is 0. The normalized spacial score (nSPS) is 14.9. The standard InChI is InChI=1S/C14H18/c1-3-11-5-7-13-8-6-12(4-2)10-14(13)9-11/h5,7,9-10H,3-4,6,8H2,1-2H3. The van der Waals surface area contributed by atoms with Gasteiger partial charge in [-0.15, -0.1) is 0 Å². The van der Waals surface area contributed by atoms with Crippen LogP contribution in [0.15, 0.2) is 23.8 Å². The molecule has 0 bridgehead atoms. The van der Waals surface area contributed by atoms with Gasteiger partial charge in [0, 0.05) is 0 Å². The molecule has 1 aliphatic rings. The maximum Gasteiger partial charge on any atom is -0.0222 e. The van der Waals surface area contributed by atoms with Gasteiger partial charge in [0.15, 0.2) is 0 Å². The Labute approximate surface area is 86.7 Å². The molecule has 0 aromatic heterocycles. The summed E-state index contributed by atoms with van der Waals surface area (Å²) in [7, 11) is 0. The van der Waals surface area contributed by atoms with Crippen molar-refractivity contribution in [3.63, 3.8) is 0 Å². The molecule has 0 heteroatoms. The van der Waals surface area contributed by atoms with E-state index < -0.39 is 0 Å². The summed E-state index contributed by atoms with van der Waals surface area (Å²) >= 11 is 0. The molecule has 0 spiro atoms. The number of allylic oxidation sites excluding steroid dienone is 1. The number of benzene rings is 1.